The molecule has 3 fully saturated rings. The number of carbonyl (C=O) groups is 4. The number of imide groups is 2. The van der Waals surface area contributed by atoms with Crippen LogP contribution in [0.3, 0.4) is 0 Å². The molecule has 3 heterocycles. The van der Waals surface area contributed by atoms with Gasteiger partial charge in [-0.1, -0.05) is 51.5 Å². The molecule has 3 aliphatic heterocycles. The summed E-state index contributed by atoms with van der Waals surface area (Å²) in [6.07, 6.45) is 9.98. The summed E-state index contributed by atoms with van der Waals surface area (Å²) in [5, 5.41) is 2.28. The van der Waals surface area contributed by atoms with E-state index in [9.17, 15) is 19.2 Å². The van der Waals surface area contributed by atoms with E-state index in [0.29, 0.717) is 35.2 Å². The van der Waals surface area contributed by atoms with Crippen LogP contribution in [-0.2, 0) is 16.0 Å². The third kappa shape index (κ3) is 5.40. The Hall–Kier alpha value is -2.94. The van der Waals surface area contributed by atoms with Crippen LogP contribution in [0.1, 0.15) is 84.6 Å². The van der Waals surface area contributed by atoms with E-state index in [1.165, 1.54) is 37.0 Å². The zero-order valence-electron chi connectivity index (χ0n) is 21.4. The van der Waals surface area contributed by atoms with E-state index in [1.807, 2.05) is 6.07 Å². The van der Waals surface area contributed by atoms with Gasteiger partial charge in [0.15, 0.2) is 0 Å². The second-order valence-electron chi connectivity index (χ2n) is 10.4. The molecule has 1 aromatic carbocycles. The molecule has 9 nitrogen and oxygen atoms in total. The quantitative estimate of drug-likeness (QED) is 0.338. The molecule has 1 unspecified atom stereocenters. The van der Waals surface area contributed by atoms with Crippen molar-refractivity contribution >= 4 is 29.4 Å². The van der Waals surface area contributed by atoms with Gasteiger partial charge < -0.3 is 15.4 Å². The minimum Gasteiger partial charge on any atom is -0.398 e. The van der Waals surface area contributed by atoms with Gasteiger partial charge in [0.25, 0.3) is 17.7 Å². The van der Waals surface area contributed by atoms with Crippen molar-refractivity contribution in [3.05, 3.63) is 28.8 Å². The fourth-order valence-electron chi connectivity index (χ4n) is 5.59. The van der Waals surface area contributed by atoms with E-state index in [1.54, 1.807) is 18.0 Å². The molecule has 1 aromatic rings. The number of hydrogen-bond donors (Lipinski definition) is 2. The average molecular weight is 499 g/mol. The molecule has 1 aliphatic carbocycles. The van der Waals surface area contributed by atoms with Crippen LogP contribution in [0.15, 0.2) is 12.1 Å². The molecule has 36 heavy (non-hydrogen) atoms. The van der Waals surface area contributed by atoms with Crippen molar-refractivity contribution in [3.63, 3.8) is 0 Å². The Balaban J connectivity index is 0.000000174. The molecule has 9 heteroatoms. The highest BCUT2D eigenvalue weighted by Crippen LogP contribution is 2.32. The first-order chi connectivity index (χ1) is 17.3. The number of benzene rings is 1. The Morgan fingerprint density at radius 2 is 1.69 bits per heavy atom. The predicted octanol–water partition coefficient (Wildman–Crippen LogP) is 3.36. The highest BCUT2D eigenvalue weighted by molar-refractivity contribution is 6.24. The first kappa shape index (κ1) is 26.1. The van der Waals surface area contributed by atoms with Gasteiger partial charge in [0, 0.05) is 25.2 Å². The molecule has 5 rings (SSSR count). The molecule has 0 aromatic heterocycles. The van der Waals surface area contributed by atoms with Crippen molar-refractivity contribution < 1.29 is 23.9 Å². The molecule has 4 aliphatic rings. The van der Waals surface area contributed by atoms with Crippen molar-refractivity contribution in [2.24, 2.45) is 11.8 Å². The standard InChI is InChI=1S/C15H24N2O3.C12H14N2O2/c1-16-14(18)13(7-11-5-3-2-4-6-11)17(15(16)19)8-12-9-20-10-12;1-2-3-4-7-5-6-8(13)10-9(7)11(15)14-12(10)16/h11-13H,2-10H2,1H3;5-6H,2-4,13H2,1H3,(H,14,15,16). The lowest BCUT2D eigenvalue weighted by atomic mass is 9.84. The number of rotatable bonds is 7. The molecular weight excluding hydrogens is 460 g/mol. The number of nitrogens with two attached hydrogens (primary N) is 1. The lowest BCUT2D eigenvalue weighted by Crippen LogP contribution is -2.45. The molecular formula is C27H38N4O5. The van der Waals surface area contributed by atoms with E-state index in [-0.39, 0.29) is 29.8 Å². The smallest absolute Gasteiger partial charge is 0.327 e. The first-order valence-electron chi connectivity index (χ1n) is 13.2. The van der Waals surface area contributed by atoms with E-state index in [0.717, 1.165) is 44.5 Å². The van der Waals surface area contributed by atoms with Crippen molar-refractivity contribution in [1.82, 2.24) is 15.1 Å². The molecule has 1 saturated carbocycles. The molecule has 2 saturated heterocycles. The number of nitrogen functional groups attached to an aromatic ring is 1. The van der Waals surface area contributed by atoms with Gasteiger partial charge in [0.1, 0.15) is 6.04 Å². The SMILES string of the molecule is CCCCc1ccc(N)c2c1C(=O)NC2=O.CN1C(=O)C(CC2CCCCC2)N(CC2COC2)C1=O. The topological polar surface area (TPSA) is 122 Å². The lowest BCUT2D eigenvalue weighted by molar-refractivity contribution is -0.128. The number of unbranched alkanes of at least 4 members (excludes halogenated alkanes) is 1. The summed E-state index contributed by atoms with van der Waals surface area (Å²) in [5.74, 6) is 0.305. The van der Waals surface area contributed by atoms with Crippen LogP contribution in [0, 0.1) is 11.8 Å². The Labute approximate surface area is 212 Å². The molecule has 0 radical (unpaired) electrons. The van der Waals surface area contributed by atoms with Gasteiger partial charge in [-0.15, -0.1) is 0 Å². The number of fused-ring (bicyclic) bond motifs is 1. The molecule has 0 bridgehead atoms. The molecule has 1 atom stereocenters. The molecule has 3 N–H and O–H groups in total. The van der Waals surface area contributed by atoms with E-state index >= 15 is 0 Å². The molecule has 5 amide bonds. The summed E-state index contributed by atoms with van der Waals surface area (Å²) in [6.45, 7) is 4.20. The van der Waals surface area contributed by atoms with Gasteiger partial charge in [-0.2, -0.15) is 0 Å². The third-order valence-corrected chi connectivity index (χ3v) is 7.77. The summed E-state index contributed by atoms with van der Waals surface area (Å²) in [7, 11) is 1.61. The number of nitrogens with zero attached hydrogens (tertiary/aromatic N) is 2. The summed E-state index contributed by atoms with van der Waals surface area (Å²) in [6, 6.07) is 3.18. The number of likely N-dealkylation sites (N-methyl/N-ethyl adjacent to an activating group) is 1. The van der Waals surface area contributed by atoms with Crippen LogP contribution >= 0.6 is 0 Å². The number of aryl methyl sites for hydroxylation is 1. The fourth-order valence-corrected chi connectivity index (χ4v) is 5.59. The second kappa shape index (κ2) is 11.4. The van der Waals surface area contributed by atoms with Gasteiger partial charge in [0.2, 0.25) is 0 Å². The maximum absolute atomic E-state index is 12.3. The monoisotopic (exact) mass is 498 g/mol. The van der Waals surface area contributed by atoms with Crippen molar-refractivity contribution in [3.8, 4) is 0 Å². The largest absolute Gasteiger partial charge is 0.398 e. The number of urea groups is 1. The summed E-state index contributed by atoms with van der Waals surface area (Å²) in [4.78, 5) is 50.8. The summed E-state index contributed by atoms with van der Waals surface area (Å²) < 4.78 is 5.18. The summed E-state index contributed by atoms with van der Waals surface area (Å²) >= 11 is 0. The number of hydrogen-bond acceptors (Lipinski definition) is 6. The number of ether oxygens (including phenoxy) is 1. The second-order valence-corrected chi connectivity index (χ2v) is 10.4. The van der Waals surface area contributed by atoms with E-state index in [4.69, 9.17) is 10.5 Å². The van der Waals surface area contributed by atoms with Crippen LogP contribution in [0.25, 0.3) is 0 Å². The van der Waals surface area contributed by atoms with Crippen LogP contribution in [0.5, 0.6) is 0 Å². The van der Waals surface area contributed by atoms with Crippen molar-refractivity contribution in [2.45, 2.75) is 70.8 Å². The number of amides is 5. The number of anilines is 1. The number of nitrogens with one attached hydrogen (secondary N) is 1. The maximum atomic E-state index is 12.3. The van der Waals surface area contributed by atoms with E-state index in [2.05, 4.69) is 12.2 Å². The zero-order valence-corrected chi connectivity index (χ0v) is 21.4. The van der Waals surface area contributed by atoms with Crippen molar-refractivity contribution in [2.75, 3.05) is 32.5 Å². The Morgan fingerprint density at radius 3 is 2.33 bits per heavy atom. The Morgan fingerprint density at radius 1 is 1.00 bits per heavy atom. The van der Waals surface area contributed by atoms with Gasteiger partial charge in [-0.25, -0.2) is 4.79 Å². The number of carbonyl (C=O) groups excluding carboxylic acids is 4. The third-order valence-electron chi connectivity index (χ3n) is 7.77. The van der Waals surface area contributed by atoms with Crippen LogP contribution in [0.4, 0.5) is 10.5 Å². The molecule has 0 spiro atoms. The normalized spacial score (nSPS) is 22.3. The minimum absolute atomic E-state index is 0.0131. The fraction of sp³-hybridized carbons (Fsp3) is 0.630. The van der Waals surface area contributed by atoms with Crippen LogP contribution < -0.4 is 11.1 Å². The predicted molar refractivity (Wildman–Crippen MR) is 135 cm³/mol. The zero-order chi connectivity index (χ0) is 25.8. The Kier molecular flexibility index (Phi) is 8.28. The summed E-state index contributed by atoms with van der Waals surface area (Å²) in [5.41, 5.74) is 7.81. The highest BCUT2D eigenvalue weighted by Gasteiger charge is 2.45. The maximum Gasteiger partial charge on any atom is 0.327 e. The van der Waals surface area contributed by atoms with Gasteiger partial charge >= 0.3 is 6.03 Å². The van der Waals surface area contributed by atoms with Crippen molar-refractivity contribution in [1.29, 1.82) is 0 Å². The highest BCUT2D eigenvalue weighted by atomic mass is 16.5. The molecule has 196 valence electrons. The average Bonchev–Trinajstić information content (AvgIpc) is 3.25. The lowest BCUT2D eigenvalue weighted by Gasteiger charge is -2.33. The van der Waals surface area contributed by atoms with E-state index < -0.39 is 0 Å². The van der Waals surface area contributed by atoms with Crippen LogP contribution in [-0.4, -0.2) is 66.4 Å². The van der Waals surface area contributed by atoms with Gasteiger partial charge in [0.05, 0.1) is 24.3 Å². The Bertz CT molecular complexity index is 1020. The van der Waals surface area contributed by atoms with Gasteiger partial charge in [-0.05, 0) is 36.8 Å². The minimum atomic E-state index is -0.379. The van der Waals surface area contributed by atoms with Gasteiger partial charge in [-0.3, -0.25) is 24.6 Å². The van der Waals surface area contributed by atoms with Crippen LogP contribution in [0.2, 0.25) is 0 Å². The first-order valence-corrected chi connectivity index (χ1v) is 13.2.